The number of pyridine rings is 1. The van der Waals surface area contributed by atoms with Crippen LogP contribution in [-0.4, -0.2) is 29.0 Å². The summed E-state index contributed by atoms with van der Waals surface area (Å²) in [6, 6.07) is 9.01. The normalized spacial score (nSPS) is 17.9. The molecule has 0 spiro atoms. The monoisotopic (exact) mass is 316 g/mol. The zero-order chi connectivity index (χ0) is 15.5. The van der Waals surface area contributed by atoms with Gasteiger partial charge in [0.15, 0.2) is 0 Å². The molecule has 1 aliphatic rings. The number of hydrogen-bond donors (Lipinski definition) is 0. The van der Waals surface area contributed by atoms with E-state index in [9.17, 15) is 0 Å². The summed E-state index contributed by atoms with van der Waals surface area (Å²) in [5.74, 6) is 0. The molecule has 0 aliphatic heterocycles. The molecule has 1 heterocycles. The van der Waals surface area contributed by atoms with Gasteiger partial charge in [-0.25, -0.2) is 4.98 Å². The molecule has 0 N–H and O–H groups in total. The minimum atomic E-state index is 0.618. The van der Waals surface area contributed by atoms with Crippen molar-refractivity contribution in [2.45, 2.75) is 52.0 Å². The number of nitrogens with zero attached hydrogens (tertiary/aromatic N) is 2. The third kappa shape index (κ3) is 3.00. The lowest BCUT2D eigenvalue weighted by atomic mass is 9.86. The summed E-state index contributed by atoms with van der Waals surface area (Å²) < 4.78 is 0. The molecule has 1 atom stereocenters. The van der Waals surface area contributed by atoms with Crippen molar-refractivity contribution in [3.8, 4) is 0 Å². The lowest BCUT2D eigenvalue weighted by Gasteiger charge is -2.35. The maximum absolute atomic E-state index is 6.52. The van der Waals surface area contributed by atoms with Crippen LogP contribution in [0.3, 0.4) is 0 Å². The number of para-hydroxylation sites is 1. The molecule has 0 bridgehead atoms. The third-order valence-electron chi connectivity index (χ3n) is 4.77. The zero-order valence-corrected chi connectivity index (χ0v) is 14.4. The van der Waals surface area contributed by atoms with E-state index in [1.165, 1.54) is 48.9 Å². The predicted octanol–water partition coefficient (Wildman–Crippen LogP) is 4.87. The Morgan fingerprint density at radius 1 is 1.14 bits per heavy atom. The van der Waals surface area contributed by atoms with Gasteiger partial charge in [-0.05, 0) is 62.4 Å². The van der Waals surface area contributed by atoms with E-state index < -0.39 is 0 Å². The van der Waals surface area contributed by atoms with Gasteiger partial charge in [-0.15, -0.1) is 0 Å². The third-order valence-corrected chi connectivity index (χ3v) is 5.08. The Kier molecular flexibility index (Phi) is 5.00. The number of hydrogen-bond acceptors (Lipinski definition) is 2. The van der Waals surface area contributed by atoms with Crippen molar-refractivity contribution >= 4 is 22.5 Å². The molecule has 118 valence electrons. The smallest absolute Gasteiger partial charge is 0.133 e. The average Bonchev–Trinajstić information content (AvgIpc) is 2.54. The Morgan fingerprint density at radius 2 is 1.86 bits per heavy atom. The quantitative estimate of drug-likeness (QED) is 0.732. The molecule has 2 aromatic rings. The van der Waals surface area contributed by atoms with E-state index in [1.807, 2.05) is 6.07 Å². The lowest BCUT2D eigenvalue weighted by molar-refractivity contribution is 0.180. The van der Waals surface area contributed by atoms with E-state index in [0.717, 1.165) is 18.4 Å². The van der Waals surface area contributed by atoms with E-state index in [-0.39, 0.29) is 0 Å². The van der Waals surface area contributed by atoms with Crippen LogP contribution in [0.2, 0.25) is 5.15 Å². The van der Waals surface area contributed by atoms with Gasteiger partial charge in [0.25, 0.3) is 0 Å². The second kappa shape index (κ2) is 6.97. The highest BCUT2D eigenvalue weighted by atomic mass is 35.5. The first-order valence-corrected chi connectivity index (χ1v) is 8.92. The summed E-state index contributed by atoms with van der Waals surface area (Å²) in [4.78, 5) is 7.27. The molecule has 3 heteroatoms. The van der Waals surface area contributed by atoms with E-state index in [0.29, 0.717) is 11.2 Å². The molecule has 3 rings (SSSR count). The fraction of sp³-hybridized carbons (Fsp3) is 0.526. The summed E-state index contributed by atoms with van der Waals surface area (Å²) in [5.41, 5.74) is 3.75. The van der Waals surface area contributed by atoms with Crippen molar-refractivity contribution in [1.82, 2.24) is 9.88 Å². The molecule has 0 radical (unpaired) electrons. The Hall–Kier alpha value is -1.12. The first-order valence-electron chi connectivity index (χ1n) is 8.54. The van der Waals surface area contributed by atoms with Gasteiger partial charge >= 0.3 is 0 Å². The topological polar surface area (TPSA) is 16.1 Å². The number of benzene rings is 1. The van der Waals surface area contributed by atoms with Crippen molar-refractivity contribution < 1.29 is 0 Å². The first-order chi connectivity index (χ1) is 10.7. The number of halogens is 1. The van der Waals surface area contributed by atoms with Crippen LogP contribution in [0.5, 0.6) is 0 Å². The van der Waals surface area contributed by atoms with E-state index in [1.54, 1.807) is 0 Å². The highest BCUT2D eigenvalue weighted by molar-refractivity contribution is 6.30. The van der Waals surface area contributed by atoms with Crippen LogP contribution in [0, 0.1) is 0 Å². The second-order valence-electron chi connectivity index (χ2n) is 6.31. The van der Waals surface area contributed by atoms with Gasteiger partial charge in [-0.2, -0.15) is 0 Å². The fourth-order valence-electron chi connectivity index (χ4n) is 3.79. The Balaban J connectivity index is 1.94. The Labute approximate surface area is 138 Å². The highest BCUT2D eigenvalue weighted by Crippen LogP contribution is 2.34. The van der Waals surface area contributed by atoms with Crippen molar-refractivity contribution in [2.75, 3.05) is 13.1 Å². The summed E-state index contributed by atoms with van der Waals surface area (Å²) >= 11 is 6.52. The molecule has 22 heavy (non-hydrogen) atoms. The molecular weight excluding hydrogens is 292 g/mol. The summed E-state index contributed by atoms with van der Waals surface area (Å²) in [7, 11) is 0. The average molecular weight is 317 g/mol. The van der Waals surface area contributed by atoms with E-state index in [4.69, 9.17) is 11.6 Å². The molecule has 2 nitrogen and oxygen atoms in total. The highest BCUT2D eigenvalue weighted by Gasteiger charge is 2.26. The molecule has 0 fully saturated rings. The van der Waals surface area contributed by atoms with Crippen LogP contribution < -0.4 is 0 Å². The van der Waals surface area contributed by atoms with Crippen LogP contribution >= 0.6 is 11.6 Å². The van der Waals surface area contributed by atoms with E-state index >= 15 is 0 Å². The summed E-state index contributed by atoms with van der Waals surface area (Å²) in [6.45, 7) is 6.90. The maximum Gasteiger partial charge on any atom is 0.133 e. The number of aromatic nitrogens is 1. The molecule has 0 saturated heterocycles. The maximum atomic E-state index is 6.52. The second-order valence-corrected chi connectivity index (χ2v) is 6.67. The molecular formula is C19H25ClN2. The Morgan fingerprint density at radius 3 is 2.59 bits per heavy atom. The lowest BCUT2D eigenvalue weighted by Crippen LogP contribution is -2.40. The molecule has 0 saturated carbocycles. The van der Waals surface area contributed by atoms with Crippen molar-refractivity contribution in [3.63, 3.8) is 0 Å². The van der Waals surface area contributed by atoms with Crippen molar-refractivity contribution in [3.05, 3.63) is 40.5 Å². The van der Waals surface area contributed by atoms with Gasteiger partial charge in [0.2, 0.25) is 0 Å². The van der Waals surface area contributed by atoms with Crippen LogP contribution in [0.4, 0.5) is 0 Å². The first kappa shape index (κ1) is 15.8. The Bertz CT molecular complexity index is 647. The van der Waals surface area contributed by atoms with Gasteiger partial charge < -0.3 is 4.90 Å². The number of fused-ring (bicyclic) bond motifs is 3. The minimum Gasteiger partial charge on any atom is -0.300 e. The molecule has 1 aromatic heterocycles. The SMILES string of the molecule is CCCN(CCC)C1CCc2c(c(Cl)nc3ccccc23)C1. The van der Waals surface area contributed by atoms with Gasteiger partial charge in [0.05, 0.1) is 5.52 Å². The van der Waals surface area contributed by atoms with Gasteiger partial charge in [-0.1, -0.05) is 43.6 Å². The largest absolute Gasteiger partial charge is 0.300 e. The zero-order valence-electron chi connectivity index (χ0n) is 13.6. The van der Waals surface area contributed by atoms with Crippen molar-refractivity contribution in [1.29, 1.82) is 0 Å². The van der Waals surface area contributed by atoms with Crippen molar-refractivity contribution in [2.24, 2.45) is 0 Å². The van der Waals surface area contributed by atoms with Gasteiger partial charge in [0.1, 0.15) is 5.15 Å². The summed E-state index contributed by atoms with van der Waals surface area (Å²) in [5, 5.41) is 2.00. The van der Waals surface area contributed by atoms with E-state index in [2.05, 4.69) is 41.9 Å². The van der Waals surface area contributed by atoms with Crippen LogP contribution in [-0.2, 0) is 12.8 Å². The minimum absolute atomic E-state index is 0.618. The molecule has 1 unspecified atom stereocenters. The number of rotatable bonds is 5. The predicted molar refractivity (Wildman–Crippen MR) is 94.7 cm³/mol. The van der Waals surface area contributed by atoms with Gasteiger partial charge in [0, 0.05) is 11.4 Å². The number of aryl methyl sites for hydroxylation is 1. The summed E-state index contributed by atoms with van der Waals surface area (Å²) in [6.07, 6.45) is 5.83. The van der Waals surface area contributed by atoms with Crippen LogP contribution in [0.1, 0.15) is 44.2 Å². The van der Waals surface area contributed by atoms with Crippen LogP contribution in [0.25, 0.3) is 10.9 Å². The molecule has 1 aliphatic carbocycles. The fourth-order valence-corrected chi connectivity index (χ4v) is 4.07. The molecule has 1 aromatic carbocycles. The standard InChI is InChI=1S/C19H25ClN2/c1-3-11-22(12-4-2)14-9-10-15-16-7-5-6-8-18(16)21-19(20)17(15)13-14/h5-8,14H,3-4,9-13H2,1-2H3. The van der Waals surface area contributed by atoms with Gasteiger partial charge in [-0.3, -0.25) is 0 Å². The molecule has 0 amide bonds. The van der Waals surface area contributed by atoms with Crippen LogP contribution in [0.15, 0.2) is 24.3 Å².